The molecule has 2 atom stereocenters. The molecule has 0 fully saturated rings. The summed E-state index contributed by atoms with van der Waals surface area (Å²) >= 11 is 1.68. The average molecular weight is 504 g/mol. The van der Waals surface area contributed by atoms with E-state index in [2.05, 4.69) is 22.8 Å². The van der Waals surface area contributed by atoms with E-state index in [0.29, 0.717) is 13.0 Å². The van der Waals surface area contributed by atoms with Crippen LogP contribution in [-0.2, 0) is 34.0 Å². The number of carbonyl (C=O) groups is 1. The van der Waals surface area contributed by atoms with E-state index in [1.165, 1.54) is 16.8 Å². The Bertz CT molecular complexity index is 1360. The van der Waals surface area contributed by atoms with Crippen LogP contribution in [0.5, 0.6) is 0 Å². The van der Waals surface area contributed by atoms with Crippen LogP contribution in [0.1, 0.15) is 34.6 Å². The molecule has 1 aliphatic heterocycles. The van der Waals surface area contributed by atoms with Crippen LogP contribution in [0.25, 0.3) is 10.1 Å². The van der Waals surface area contributed by atoms with Crippen LogP contribution in [0.15, 0.2) is 90.0 Å². The minimum atomic E-state index is -0.609. The Balaban J connectivity index is 1.34. The molecule has 1 aromatic heterocycles. The van der Waals surface area contributed by atoms with Crippen molar-refractivity contribution in [2.45, 2.75) is 38.4 Å². The highest BCUT2D eigenvalue weighted by atomic mass is 32.1. The van der Waals surface area contributed by atoms with E-state index in [-0.39, 0.29) is 36.6 Å². The Morgan fingerprint density at radius 3 is 2.53 bits per heavy atom. The van der Waals surface area contributed by atoms with Crippen LogP contribution in [0, 0.1) is 5.82 Å². The van der Waals surface area contributed by atoms with Gasteiger partial charge in [0.15, 0.2) is 5.76 Å². The molecule has 0 saturated heterocycles. The number of allylic oxidation sites excluding steroid dienone is 1. The van der Waals surface area contributed by atoms with Gasteiger partial charge in [-0.2, -0.15) is 0 Å². The molecule has 2 N–H and O–H groups in total. The van der Waals surface area contributed by atoms with Crippen molar-refractivity contribution < 1.29 is 23.8 Å². The van der Waals surface area contributed by atoms with E-state index < -0.39 is 6.29 Å². The molecule has 3 aromatic carbocycles. The highest BCUT2D eigenvalue weighted by molar-refractivity contribution is 7.17. The number of carbonyl (C=O) groups excluding carboxylic acids is 1. The van der Waals surface area contributed by atoms with Crippen LogP contribution in [0.3, 0.4) is 0 Å². The van der Waals surface area contributed by atoms with E-state index in [1.54, 1.807) is 23.5 Å². The lowest BCUT2D eigenvalue weighted by Crippen LogP contribution is -2.32. The summed E-state index contributed by atoms with van der Waals surface area (Å²) in [5.74, 6) is -0.503. The zero-order chi connectivity index (χ0) is 24.9. The van der Waals surface area contributed by atoms with Crippen molar-refractivity contribution in [3.05, 3.63) is 118 Å². The van der Waals surface area contributed by atoms with E-state index in [0.717, 1.165) is 27.6 Å². The third-order valence-corrected chi connectivity index (χ3v) is 7.18. The summed E-state index contributed by atoms with van der Waals surface area (Å²) in [4.78, 5) is 13.1. The summed E-state index contributed by atoms with van der Waals surface area (Å²) in [5.41, 5.74) is 3.72. The maximum Gasteiger partial charge on any atom is 0.286 e. The van der Waals surface area contributed by atoms with E-state index in [4.69, 9.17) is 9.47 Å². The summed E-state index contributed by atoms with van der Waals surface area (Å²) in [5, 5.41) is 15.4. The fourth-order valence-electron chi connectivity index (χ4n) is 4.22. The number of fused-ring (bicyclic) bond motifs is 1. The second-order valence-corrected chi connectivity index (χ2v) is 9.61. The first-order chi connectivity index (χ1) is 17.6. The SMILES string of the molecule is O=C(NCc1ccc(F)cc1)C1=C[C@H](c2csc3ccccc23)C[C@H](OCc2ccc(CO)cc2)O1. The van der Waals surface area contributed by atoms with Gasteiger partial charge in [-0.05, 0) is 57.3 Å². The molecule has 1 aliphatic rings. The van der Waals surface area contributed by atoms with Crippen molar-refractivity contribution in [2.75, 3.05) is 0 Å². The number of aliphatic hydroxyl groups is 1. The third kappa shape index (κ3) is 5.65. The van der Waals surface area contributed by atoms with Crippen LogP contribution in [-0.4, -0.2) is 17.3 Å². The number of amides is 1. The highest BCUT2D eigenvalue weighted by Gasteiger charge is 2.30. The van der Waals surface area contributed by atoms with Crippen LogP contribution in [0.4, 0.5) is 4.39 Å². The number of ether oxygens (including phenoxy) is 2. The molecule has 0 aliphatic carbocycles. The van der Waals surface area contributed by atoms with Gasteiger partial charge < -0.3 is 19.9 Å². The summed E-state index contributed by atoms with van der Waals surface area (Å²) in [6, 6.07) is 21.8. The quantitative estimate of drug-likeness (QED) is 0.320. The molecule has 4 aromatic rings. The largest absolute Gasteiger partial charge is 0.459 e. The van der Waals surface area contributed by atoms with Gasteiger partial charge >= 0.3 is 0 Å². The maximum atomic E-state index is 13.2. The molecule has 1 amide bonds. The number of halogens is 1. The van der Waals surface area contributed by atoms with Gasteiger partial charge in [0.25, 0.3) is 5.91 Å². The van der Waals surface area contributed by atoms with Crippen molar-refractivity contribution in [3.8, 4) is 0 Å². The van der Waals surface area contributed by atoms with Crippen LogP contribution < -0.4 is 5.32 Å². The summed E-state index contributed by atoms with van der Waals surface area (Å²) in [6.45, 7) is 0.566. The number of rotatable bonds is 8. The molecule has 5 rings (SSSR count). The Kier molecular flexibility index (Phi) is 7.41. The molecule has 5 nitrogen and oxygen atoms in total. The molecular formula is C29H26FNO4S. The molecule has 36 heavy (non-hydrogen) atoms. The van der Waals surface area contributed by atoms with Crippen LogP contribution >= 0.6 is 11.3 Å². The first-order valence-electron chi connectivity index (χ1n) is 11.8. The standard InChI is InChI=1S/C29H26FNO4S/c30-23-11-9-19(10-12-23)15-31-29(33)26-13-22(25-18-36-27-4-2-1-3-24(25)27)14-28(35-26)34-17-21-7-5-20(16-32)6-8-21/h1-13,18,22,28,32H,14-17H2,(H,31,33)/t22-,28+/m0/s1. The average Bonchev–Trinajstić information content (AvgIpc) is 3.36. The molecule has 0 spiro atoms. The fraction of sp³-hybridized carbons (Fsp3) is 0.207. The fourth-order valence-corrected chi connectivity index (χ4v) is 5.25. The first-order valence-corrected chi connectivity index (χ1v) is 12.6. The second-order valence-electron chi connectivity index (χ2n) is 8.70. The Morgan fingerprint density at radius 2 is 1.75 bits per heavy atom. The normalized spacial score (nSPS) is 17.4. The number of hydrogen-bond acceptors (Lipinski definition) is 5. The monoisotopic (exact) mass is 503 g/mol. The van der Waals surface area contributed by atoms with E-state index in [9.17, 15) is 14.3 Å². The summed E-state index contributed by atoms with van der Waals surface area (Å²) < 4.78 is 26.5. The molecule has 0 saturated carbocycles. The van der Waals surface area contributed by atoms with Gasteiger partial charge in [0.1, 0.15) is 5.82 Å². The zero-order valence-corrected chi connectivity index (χ0v) is 20.3. The van der Waals surface area contributed by atoms with Gasteiger partial charge in [-0.3, -0.25) is 4.79 Å². The number of aliphatic hydroxyl groups excluding tert-OH is 1. The van der Waals surface area contributed by atoms with Crippen molar-refractivity contribution in [1.29, 1.82) is 0 Å². The van der Waals surface area contributed by atoms with Crippen molar-refractivity contribution in [1.82, 2.24) is 5.32 Å². The topological polar surface area (TPSA) is 67.8 Å². The lowest BCUT2D eigenvalue weighted by molar-refractivity contribution is -0.150. The lowest BCUT2D eigenvalue weighted by atomic mass is 9.92. The molecule has 0 bridgehead atoms. The molecule has 184 valence electrons. The van der Waals surface area contributed by atoms with Gasteiger partial charge in [0.05, 0.1) is 13.2 Å². The summed E-state index contributed by atoms with van der Waals surface area (Å²) in [6.07, 6.45) is 1.83. The first kappa shape index (κ1) is 24.2. The van der Waals surface area contributed by atoms with Gasteiger partial charge in [0.2, 0.25) is 6.29 Å². The number of benzene rings is 3. The predicted molar refractivity (Wildman–Crippen MR) is 138 cm³/mol. The molecular weight excluding hydrogens is 477 g/mol. The van der Waals surface area contributed by atoms with Gasteiger partial charge in [-0.25, -0.2) is 4.39 Å². The smallest absolute Gasteiger partial charge is 0.286 e. The van der Waals surface area contributed by atoms with E-state index in [1.807, 2.05) is 42.5 Å². The zero-order valence-electron chi connectivity index (χ0n) is 19.5. The van der Waals surface area contributed by atoms with Crippen molar-refractivity contribution in [3.63, 3.8) is 0 Å². The van der Waals surface area contributed by atoms with E-state index >= 15 is 0 Å². The Hall–Kier alpha value is -3.52. The van der Waals surface area contributed by atoms with Gasteiger partial charge in [-0.1, -0.05) is 54.6 Å². The minimum absolute atomic E-state index is 0.00958. The summed E-state index contributed by atoms with van der Waals surface area (Å²) in [7, 11) is 0. The molecule has 0 unspecified atom stereocenters. The van der Waals surface area contributed by atoms with Crippen LogP contribution in [0.2, 0.25) is 0 Å². The van der Waals surface area contributed by atoms with Crippen molar-refractivity contribution in [2.24, 2.45) is 0 Å². The molecule has 2 heterocycles. The highest BCUT2D eigenvalue weighted by Crippen LogP contribution is 2.38. The number of hydrogen-bond donors (Lipinski definition) is 2. The Morgan fingerprint density at radius 1 is 1.03 bits per heavy atom. The predicted octanol–water partition coefficient (Wildman–Crippen LogP) is 5.78. The molecule has 7 heteroatoms. The lowest BCUT2D eigenvalue weighted by Gasteiger charge is -2.29. The third-order valence-electron chi connectivity index (χ3n) is 6.20. The minimum Gasteiger partial charge on any atom is -0.459 e. The second kappa shape index (κ2) is 11.0. The van der Waals surface area contributed by atoms with Crippen molar-refractivity contribution >= 4 is 27.3 Å². The number of nitrogens with one attached hydrogen (secondary N) is 1. The van der Waals surface area contributed by atoms with Gasteiger partial charge in [-0.15, -0.1) is 11.3 Å². The maximum absolute atomic E-state index is 13.2. The Labute approximate surface area is 212 Å². The molecule has 0 radical (unpaired) electrons. The van der Waals surface area contributed by atoms with Gasteiger partial charge in [0, 0.05) is 23.6 Å². The number of thiophene rings is 1.